The van der Waals surface area contributed by atoms with Crippen LogP contribution in [0, 0.1) is 0 Å². The third kappa shape index (κ3) is 2.27. The molecule has 3 nitrogen and oxygen atoms in total. The van der Waals surface area contributed by atoms with Crippen LogP contribution in [0.15, 0.2) is 10.7 Å². The molecule has 0 bridgehead atoms. The Bertz CT molecular complexity index is 367. The number of ether oxygens (including phenoxy) is 1. The quantitative estimate of drug-likeness (QED) is 0.748. The number of rotatable bonds is 2. The zero-order valence-corrected chi connectivity index (χ0v) is 8.91. The topological polar surface area (TPSA) is 43.4 Å². The van der Waals surface area contributed by atoms with Crippen LogP contribution >= 0.6 is 0 Å². The van der Waals surface area contributed by atoms with E-state index in [0.717, 1.165) is 0 Å². The van der Waals surface area contributed by atoms with Gasteiger partial charge >= 0.3 is 5.51 Å². The summed E-state index contributed by atoms with van der Waals surface area (Å²) in [6, 6.07) is 0. The Hall–Kier alpha value is -0.720. The van der Waals surface area contributed by atoms with Crippen molar-refractivity contribution in [1.29, 1.82) is 0 Å². The molecular formula is C8H11F3O3S. The Balaban J connectivity index is 3.21. The minimum absolute atomic E-state index is 0.0569. The predicted octanol–water partition coefficient (Wildman–Crippen LogP) is 2.35. The highest BCUT2D eigenvalue weighted by Gasteiger charge is 2.49. The van der Waals surface area contributed by atoms with Gasteiger partial charge in [-0.2, -0.15) is 13.2 Å². The van der Waals surface area contributed by atoms with E-state index in [0.29, 0.717) is 12.8 Å². The monoisotopic (exact) mass is 244 g/mol. The van der Waals surface area contributed by atoms with Gasteiger partial charge in [-0.15, -0.1) is 0 Å². The van der Waals surface area contributed by atoms with Gasteiger partial charge in [-0.1, -0.05) is 0 Å². The summed E-state index contributed by atoms with van der Waals surface area (Å²) >= 11 is 0. The van der Waals surface area contributed by atoms with Gasteiger partial charge in [0.05, 0.1) is 12.0 Å². The summed E-state index contributed by atoms with van der Waals surface area (Å²) in [6.07, 6.45) is 1.25. The molecule has 1 aliphatic carbocycles. The van der Waals surface area contributed by atoms with Crippen LogP contribution in [0.4, 0.5) is 13.2 Å². The molecule has 0 saturated carbocycles. The molecular weight excluding hydrogens is 233 g/mol. The zero-order chi connectivity index (χ0) is 11.7. The molecule has 88 valence electrons. The number of halogens is 3. The maximum absolute atomic E-state index is 12.2. The lowest BCUT2D eigenvalue weighted by molar-refractivity contribution is -0.0429. The molecule has 0 aromatic carbocycles. The lowest BCUT2D eigenvalue weighted by Gasteiger charge is -2.19. The van der Waals surface area contributed by atoms with E-state index in [-0.39, 0.29) is 18.6 Å². The molecule has 0 atom stereocenters. The van der Waals surface area contributed by atoms with Gasteiger partial charge < -0.3 is 4.74 Å². The van der Waals surface area contributed by atoms with Crippen molar-refractivity contribution in [2.75, 3.05) is 7.11 Å². The summed E-state index contributed by atoms with van der Waals surface area (Å²) in [5.74, 6) is -0.0569. The summed E-state index contributed by atoms with van der Waals surface area (Å²) in [6.45, 7) is 0. The molecule has 0 radical (unpaired) electrons. The van der Waals surface area contributed by atoms with Crippen LogP contribution in [0.2, 0.25) is 0 Å². The van der Waals surface area contributed by atoms with Crippen molar-refractivity contribution in [1.82, 2.24) is 0 Å². The van der Waals surface area contributed by atoms with E-state index in [1.54, 1.807) is 0 Å². The van der Waals surface area contributed by atoms with Gasteiger partial charge in [0, 0.05) is 6.42 Å². The van der Waals surface area contributed by atoms with E-state index in [1.165, 1.54) is 7.11 Å². The summed E-state index contributed by atoms with van der Waals surface area (Å²) in [5.41, 5.74) is -5.23. The summed E-state index contributed by atoms with van der Waals surface area (Å²) < 4.78 is 63.7. The van der Waals surface area contributed by atoms with Crippen molar-refractivity contribution in [3.05, 3.63) is 10.7 Å². The summed E-state index contributed by atoms with van der Waals surface area (Å²) in [5, 5.41) is 0. The Labute approximate surface area is 85.8 Å². The van der Waals surface area contributed by atoms with E-state index in [1.807, 2.05) is 0 Å². The second-order valence-electron chi connectivity index (χ2n) is 3.21. The first-order chi connectivity index (χ1) is 6.80. The van der Waals surface area contributed by atoms with Crippen LogP contribution in [0.1, 0.15) is 25.7 Å². The van der Waals surface area contributed by atoms with Crippen LogP contribution in [-0.4, -0.2) is 21.0 Å². The number of hydrogen-bond acceptors (Lipinski definition) is 3. The number of methoxy groups -OCH3 is 1. The Morgan fingerprint density at radius 3 is 2.20 bits per heavy atom. The lowest BCUT2D eigenvalue weighted by atomic mass is 10.1. The normalized spacial score (nSPS) is 19.2. The van der Waals surface area contributed by atoms with E-state index in [4.69, 9.17) is 0 Å². The molecule has 0 fully saturated rings. The molecule has 7 heteroatoms. The molecule has 0 aromatic heterocycles. The first kappa shape index (κ1) is 12.4. The molecule has 0 aliphatic heterocycles. The number of sulfone groups is 1. The maximum Gasteiger partial charge on any atom is 0.501 e. The summed E-state index contributed by atoms with van der Waals surface area (Å²) in [7, 11) is -4.02. The Morgan fingerprint density at radius 2 is 1.73 bits per heavy atom. The fraction of sp³-hybridized carbons (Fsp3) is 0.750. The predicted molar refractivity (Wildman–Crippen MR) is 47.5 cm³/mol. The van der Waals surface area contributed by atoms with Crippen LogP contribution in [0.25, 0.3) is 0 Å². The van der Waals surface area contributed by atoms with E-state index in [9.17, 15) is 21.6 Å². The molecule has 0 saturated heterocycles. The average molecular weight is 244 g/mol. The lowest BCUT2D eigenvalue weighted by Crippen LogP contribution is -2.27. The van der Waals surface area contributed by atoms with Gasteiger partial charge in [0.1, 0.15) is 5.76 Å². The maximum atomic E-state index is 12.2. The second-order valence-corrected chi connectivity index (χ2v) is 5.17. The Kier molecular flexibility index (Phi) is 3.32. The highest BCUT2D eigenvalue weighted by Crippen LogP contribution is 2.37. The van der Waals surface area contributed by atoms with Gasteiger partial charge in [0.15, 0.2) is 0 Å². The number of alkyl halides is 3. The van der Waals surface area contributed by atoms with Gasteiger partial charge in [0.25, 0.3) is 9.84 Å². The Morgan fingerprint density at radius 1 is 1.20 bits per heavy atom. The molecule has 15 heavy (non-hydrogen) atoms. The number of allylic oxidation sites excluding steroid dienone is 2. The van der Waals surface area contributed by atoms with Gasteiger partial charge in [-0.25, -0.2) is 8.42 Å². The minimum atomic E-state index is -5.23. The first-order valence-electron chi connectivity index (χ1n) is 4.38. The summed E-state index contributed by atoms with van der Waals surface area (Å²) in [4.78, 5) is -0.608. The second kappa shape index (κ2) is 4.03. The van der Waals surface area contributed by atoms with Crippen LogP contribution in [0.5, 0.6) is 0 Å². The van der Waals surface area contributed by atoms with Crippen LogP contribution in [0.3, 0.4) is 0 Å². The van der Waals surface area contributed by atoms with Crippen LogP contribution in [-0.2, 0) is 14.6 Å². The fourth-order valence-electron chi connectivity index (χ4n) is 1.49. The van der Waals surface area contributed by atoms with E-state index >= 15 is 0 Å². The number of hydrogen-bond donors (Lipinski definition) is 0. The molecule has 0 aromatic rings. The van der Waals surface area contributed by atoms with Crippen molar-refractivity contribution < 1.29 is 26.3 Å². The zero-order valence-electron chi connectivity index (χ0n) is 8.10. The first-order valence-corrected chi connectivity index (χ1v) is 5.86. The van der Waals surface area contributed by atoms with Crippen molar-refractivity contribution in [3.8, 4) is 0 Å². The molecule has 0 unspecified atom stereocenters. The van der Waals surface area contributed by atoms with Crippen molar-refractivity contribution in [2.24, 2.45) is 0 Å². The van der Waals surface area contributed by atoms with E-state index < -0.39 is 20.3 Å². The van der Waals surface area contributed by atoms with Crippen LogP contribution < -0.4 is 0 Å². The average Bonchev–Trinajstić information content (AvgIpc) is 2.16. The highest BCUT2D eigenvalue weighted by atomic mass is 32.2. The minimum Gasteiger partial charge on any atom is -0.500 e. The van der Waals surface area contributed by atoms with Crippen molar-refractivity contribution >= 4 is 9.84 Å². The van der Waals surface area contributed by atoms with Gasteiger partial charge in [-0.05, 0) is 19.3 Å². The van der Waals surface area contributed by atoms with Crippen molar-refractivity contribution in [2.45, 2.75) is 31.2 Å². The third-order valence-electron chi connectivity index (χ3n) is 2.24. The molecule has 1 rings (SSSR count). The van der Waals surface area contributed by atoms with Gasteiger partial charge in [0.2, 0.25) is 0 Å². The van der Waals surface area contributed by atoms with E-state index in [2.05, 4.69) is 4.74 Å². The molecule has 0 N–H and O–H groups in total. The smallest absolute Gasteiger partial charge is 0.500 e. The third-order valence-corrected chi connectivity index (χ3v) is 3.93. The molecule has 0 heterocycles. The molecule has 0 spiro atoms. The van der Waals surface area contributed by atoms with Crippen molar-refractivity contribution in [3.63, 3.8) is 0 Å². The molecule has 0 amide bonds. The van der Waals surface area contributed by atoms with Gasteiger partial charge in [-0.3, -0.25) is 0 Å². The largest absolute Gasteiger partial charge is 0.501 e. The highest BCUT2D eigenvalue weighted by molar-refractivity contribution is 7.96. The fourth-order valence-corrected chi connectivity index (χ4v) is 2.67. The standard InChI is InChI=1S/C8H11F3O3S/c1-14-6-4-2-3-5-7(6)15(12,13)8(9,10)11/h2-5H2,1H3. The molecule has 1 aliphatic rings. The SMILES string of the molecule is COC1=C(S(=O)(=O)C(F)(F)F)CCCC1.